The second-order valence-corrected chi connectivity index (χ2v) is 13.5. The number of aliphatic hydroxyl groups excluding tert-OH is 1. The first kappa shape index (κ1) is 27.6. The van der Waals surface area contributed by atoms with Crippen molar-refractivity contribution >= 4 is 5.78 Å². The van der Waals surface area contributed by atoms with Gasteiger partial charge in [-0.2, -0.15) is 0 Å². The maximum Gasteiger partial charge on any atom is 0.139 e. The lowest BCUT2D eigenvalue weighted by Crippen LogP contribution is -2.43. The van der Waals surface area contributed by atoms with Crippen LogP contribution in [0.3, 0.4) is 0 Å². The average Bonchev–Trinajstić information content (AvgIpc) is 2.89. The van der Waals surface area contributed by atoms with E-state index in [9.17, 15) is 9.90 Å². The van der Waals surface area contributed by atoms with Gasteiger partial charge in [-0.05, 0) is 107 Å². The standard InChI is InChI=1S/C31H54O4/c1-21-5-7-22(8-6-21)30(33)23-9-14-27(15-10-23)35-28-16-11-25(12-17-28)31(2,3)26-13-18-29(34-4)24(19-26)20-32/h21-29,32H,5-20H2,1-4H3. The highest BCUT2D eigenvalue weighted by Gasteiger charge is 2.43. The number of rotatable bonds is 8. The fraction of sp³-hybridized carbons (Fsp3) is 0.968. The van der Waals surface area contributed by atoms with Gasteiger partial charge in [-0.3, -0.25) is 4.79 Å². The number of hydrogen-bond acceptors (Lipinski definition) is 4. The molecule has 4 saturated carbocycles. The van der Waals surface area contributed by atoms with Crippen molar-refractivity contribution in [2.45, 2.75) is 135 Å². The van der Waals surface area contributed by atoms with Gasteiger partial charge in [-0.25, -0.2) is 0 Å². The zero-order valence-electron chi connectivity index (χ0n) is 23.2. The Kier molecular flexibility index (Phi) is 9.77. The van der Waals surface area contributed by atoms with Crippen LogP contribution in [0.15, 0.2) is 0 Å². The first-order valence-corrected chi connectivity index (χ1v) is 15.1. The summed E-state index contributed by atoms with van der Waals surface area (Å²) in [6.07, 6.45) is 18.3. The maximum atomic E-state index is 13.0. The van der Waals surface area contributed by atoms with Crippen molar-refractivity contribution in [3.8, 4) is 0 Å². The Morgan fingerprint density at radius 3 is 1.83 bits per heavy atom. The quantitative estimate of drug-likeness (QED) is 0.399. The summed E-state index contributed by atoms with van der Waals surface area (Å²) in [5.74, 6) is 3.77. The summed E-state index contributed by atoms with van der Waals surface area (Å²) in [4.78, 5) is 13.0. The van der Waals surface area contributed by atoms with Crippen LogP contribution in [0.4, 0.5) is 0 Å². The van der Waals surface area contributed by atoms with E-state index < -0.39 is 0 Å². The zero-order valence-corrected chi connectivity index (χ0v) is 23.2. The van der Waals surface area contributed by atoms with Crippen LogP contribution in [0.2, 0.25) is 0 Å². The second-order valence-electron chi connectivity index (χ2n) is 13.5. The molecule has 4 heteroatoms. The van der Waals surface area contributed by atoms with Crippen LogP contribution in [-0.2, 0) is 14.3 Å². The maximum absolute atomic E-state index is 13.0. The van der Waals surface area contributed by atoms with E-state index in [1.54, 1.807) is 7.11 Å². The molecule has 0 spiro atoms. The Bertz CT molecular complexity index is 651. The Labute approximate surface area is 215 Å². The van der Waals surface area contributed by atoms with Crippen molar-refractivity contribution in [3.63, 3.8) is 0 Å². The van der Waals surface area contributed by atoms with Gasteiger partial charge in [0.05, 0.1) is 18.3 Å². The van der Waals surface area contributed by atoms with Crippen molar-refractivity contribution in [3.05, 3.63) is 0 Å². The van der Waals surface area contributed by atoms with Gasteiger partial charge in [0.25, 0.3) is 0 Å². The fourth-order valence-corrected chi connectivity index (χ4v) is 8.32. The minimum absolute atomic E-state index is 0.230. The monoisotopic (exact) mass is 490 g/mol. The number of carbonyl (C=O) groups excluding carboxylic acids is 1. The molecule has 0 heterocycles. The summed E-state index contributed by atoms with van der Waals surface area (Å²) in [5, 5.41) is 9.88. The second kappa shape index (κ2) is 12.4. The molecule has 4 fully saturated rings. The van der Waals surface area contributed by atoms with E-state index in [2.05, 4.69) is 20.8 Å². The van der Waals surface area contributed by atoms with E-state index >= 15 is 0 Å². The number of hydrogen-bond donors (Lipinski definition) is 1. The summed E-state index contributed by atoms with van der Waals surface area (Å²) in [5.41, 5.74) is 0.312. The smallest absolute Gasteiger partial charge is 0.139 e. The molecule has 3 atom stereocenters. The molecule has 3 unspecified atom stereocenters. The first-order valence-electron chi connectivity index (χ1n) is 15.1. The van der Waals surface area contributed by atoms with Crippen LogP contribution in [0, 0.1) is 40.9 Å². The van der Waals surface area contributed by atoms with Gasteiger partial charge in [0.15, 0.2) is 0 Å². The molecular formula is C31H54O4. The molecule has 4 aliphatic carbocycles. The molecule has 4 rings (SSSR count). The van der Waals surface area contributed by atoms with E-state index in [-0.39, 0.29) is 12.7 Å². The number of aliphatic hydroxyl groups is 1. The molecule has 0 bridgehead atoms. The van der Waals surface area contributed by atoms with Crippen molar-refractivity contribution < 1.29 is 19.4 Å². The molecule has 0 aliphatic heterocycles. The minimum atomic E-state index is 0.230. The van der Waals surface area contributed by atoms with E-state index in [1.807, 2.05) is 0 Å². The molecule has 4 nitrogen and oxygen atoms in total. The third-order valence-electron chi connectivity index (χ3n) is 11.1. The third-order valence-corrected chi connectivity index (χ3v) is 11.1. The zero-order chi connectivity index (χ0) is 25.0. The largest absolute Gasteiger partial charge is 0.396 e. The number of methoxy groups -OCH3 is 1. The summed E-state index contributed by atoms with van der Waals surface area (Å²) < 4.78 is 12.3. The van der Waals surface area contributed by atoms with Crippen LogP contribution in [-0.4, -0.2) is 42.9 Å². The number of Topliss-reactive ketones (excluding diaryl/α,β-unsaturated/α-hetero) is 1. The van der Waals surface area contributed by atoms with Crippen molar-refractivity contribution in [2.75, 3.05) is 13.7 Å². The molecule has 1 N–H and O–H groups in total. The highest BCUT2D eigenvalue weighted by molar-refractivity contribution is 5.83. The predicted molar refractivity (Wildman–Crippen MR) is 141 cm³/mol. The molecule has 0 aromatic heterocycles. The highest BCUT2D eigenvalue weighted by atomic mass is 16.5. The summed E-state index contributed by atoms with van der Waals surface area (Å²) in [6, 6.07) is 0. The molecule has 0 aromatic carbocycles. The van der Waals surface area contributed by atoms with Gasteiger partial charge >= 0.3 is 0 Å². The molecular weight excluding hydrogens is 436 g/mol. The lowest BCUT2D eigenvalue weighted by atomic mass is 9.59. The Balaban J connectivity index is 1.18. The third kappa shape index (κ3) is 6.71. The summed E-state index contributed by atoms with van der Waals surface area (Å²) in [7, 11) is 1.79. The van der Waals surface area contributed by atoms with Crippen LogP contribution in [0.5, 0.6) is 0 Å². The van der Waals surface area contributed by atoms with E-state index in [0.717, 1.165) is 63.2 Å². The van der Waals surface area contributed by atoms with E-state index in [4.69, 9.17) is 9.47 Å². The molecule has 202 valence electrons. The van der Waals surface area contributed by atoms with Gasteiger partial charge in [0.1, 0.15) is 5.78 Å². The number of carbonyl (C=O) groups is 1. The Morgan fingerprint density at radius 2 is 1.29 bits per heavy atom. The van der Waals surface area contributed by atoms with E-state index in [1.165, 1.54) is 44.9 Å². The van der Waals surface area contributed by atoms with Gasteiger partial charge in [0, 0.05) is 31.5 Å². The molecule has 35 heavy (non-hydrogen) atoms. The van der Waals surface area contributed by atoms with Crippen molar-refractivity contribution in [1.82, 2.24) is 0 Å². The van der Waals surface area contributed by atoms with Gasteiger partial charge in [-0.1, -0.05) is 33.6 Å². The number of ether oxygens (including phenoxy) is 2. The topological polar surface area (TPSA) is 55.8 Å². The fourth-order valence-electron chi connectivity index (χ4n) is 8.32. The summed E-state index contributed by atoms with van der Waals surface area (Å²) in [6.45, 7) is 7.54. The van der Waals surface area contributed by atoms with Gasteiger partial charge in [-0.15, -0.1) is 0 Å². The molecule has 0 saturated heterocycles. The molecule has 0 radical (unpaired) electrons. The normalized spacial score (nSPS) is 41.5. The van der Waals surface area contributed by atoms with Crippen molar-refractivity contribution in [2.24, 2.45) is 40.9 Å². The SMILES string of the molecule is COC1CCC(C(C)(C)C2CCC(OC3CCC(C(=O)C4CCC(C)CC4)CC3)CC2)CC1CO. The van der Waals surface area contributed by atoms with Gasteiger partial charge in [0.2, 0.25) is 0 Å². The highest BCUT2D eigenvalue weighted by Crippen LogP contribution is 2.50. The van der Waals surface area contributed by atoms with Crippen molar-refractivity contribution in [1.29, 1.82) is 0 Å². The van der Waals surface area contributed by atoms with Gasteiger partial charge < -0.3 is 14.6 Å². The minimum Gasteiger partial charge on any atom is -0.396 e. The molecule has 0 amide bonds. The molecule has 0 aromatic rings. The van der Waals surface area contributed by atoms with Crippen LogP contribution >= 0.6 is 0 Å². The predicted octanol–water partition coefficient (Wildman–Crippen LogP) is 6.97. The Hall–Kier alpha value is -0.450. The van der Waals surface area contributed by atoms with E-state index in [0.29, 0.717) is 47.1 Å². The van der Waals surface area contributed by atoms with Crippen LogP contribution < -0.4 is 0 Å². The van der Waals surface area contributed by atoms with Crippen LogP contribution in [0.25, 0.3) is 0 Å². The summed E-state index contributed by atoms with van der Waals surface area (Å²) >= 11 is 0. The lowest BCUT2D eigenvalue weighted by molar-refractivity contribution is -0.131. The number of ketones is 1. The average molecular weight is 491 g/mol. The first-order chi connectivity index (χ1) is 16.8. The Morgan fingerprint density at radius 1 is 0.771 bits per heavy atom. The molecule has 4 aliphatic rings. The lowest BCUT2D eigenvalue weighted by Gasteiger charge is -2.48. The van der Waals surface area contributed by atoms with Crippen LogP contribution in [0.1, 0.15) is 117 Å².